The molecule has 0 fully saturated rings. The maximum absolute atomic E-state index is 4.87. The van der Waals surface area contributed by atoms with Crippen LogP contribution >= 0.6 is 0 Å². The Hall–Kier alpha value is -0.790. The summed E-state index contributed by atoms with van der Waals surface area (Å²) in [5.41, 5.74) is 4.87. The number of hydrogen-bond acceptors (Lipinski definition) is 1. The van der Waals surface area contributed by atoms with Crippen LogP contribution in [0.5, 0.6) is 0 Å². The van der Waals surface area contributed by atoms with Crippen molar-refractivity contribution in [1.82, 2.24) is 0 Å². The minimum absolute atomic E-state index is 1.25. The molecule has 0 spiro atoms. The van der Waals surface area contributed by atoms with Crippen molar-refractivity contribution in [3.05, 3.63) is 12.3 Å². The largest absolute Gasteiger partial charge is 0.390 e. The summed E-state index contributed by atoms with van der Waals surface area (Å²) < 4.78 is 0. The lowest BCUT2D eigenvalue weighted by Crippen LogP contribution is -1.84. The van der Waals surface area contributed by atoms with Crippen molar-refractivity contribution in [3.63, 3.8) is 0 Å². The van der Waals surface area contributed by atoms with Gasteiger partial charge in [-0.3, -0.25) is 0 Å². The van der Waals surface area contributed by atoms with E-state index in [0.29, 0.717) is 0 Å². The number of allylic oxidation sites excluding steroid dienone is 1. The molecule has 0 aliphatic carbocycles. The average molecular weight is 114 g/mol. The molecule has 0 aromatic rings. The molecule has 48 valence electrons. The molecule has 8 heavy (non-hydrogen) atoms. The van der Waals surface area contributed by atoms with Gasteiger partial charge in [0.2, 0.25) is 0 Å². The Morgan fingerprint density at radius 1 is 1.38 bits per heavy atom. The minimum Gasteiger partial charge on any atom is -0.390 e. The lowest BCUT2D eigenvalue weighted by molar-refractivity contribution is 1.50. The van der Waals surface area contributed by atoms with E-state index >= 15 is 0 Å². The fourth-order valence-corrected chi connectivity index (χ4v) is 0.136. The molecule has 0 aromatic heterocycles. The first-order valence-electron chi connectivity index (χ1n) is 2.76. The van der Waals surface area contributed by atoms with E-state index in [1.54, 1.807) is 6.20 Å². The number of nitrogens with zero attached hydrogens (tertiary/aromatic N) is 1. The van der Waals surface area contributed by atoms with Gasteiger partial charge in [-0.05, 0) is 6.92 Å². The first kappa shape index (κ1) is 10.2. The second-order valence-electron chi connectivity index (χ2n) is 0.781. The molecule has 0 saturated heterocycles. The van der Waals surface area contributed by atoms with Gasteiger partial charge in [0.15, 0.2) is 0 Å². The Morgan fingerprint density at radius 2 is 1.88 bits per heavy atom. The molecule has 0 aromatic carbocycles. The normalized spacial score (nSPS) is 9.38. The van der Waals surface area contributed by atoms with E-state index in [-0.39, 0.29) is 0 Å². The lowest BCUT2D eigenvalue weighted by atomic mass is 10.7. The Balaban J connectivity index is 0. The Bertz CT molecular complexity index is 54.9. The summed E-state index contributed by atoms with van der Waals surface area (Å²) >= 11 is 0. The van der Waals surface area contributed by atoms with Crippen LogP contribution in [0, 0.1) is 0 Å². The monoisotopic (exact) mass is 114 g/mol. The lowest BCUT2D eigenvalue weighted by Gasteiger charge is -1.65. The summed E-state index contributed by atoms with van der Waals surface area (Å²) in [6.45, 7) is 5.88. The zero-order valence-electron chi connectivity index (χ0n) is 5.76. The molecule has 0 bridgehead atoms. The molecule has 0 aliphatic rings. The molecular weight excluding hydrogens is 100 g/mol. The van der Waals surface area contributed by atoms with E-state index in [0.717, 1.165) is 0 Å². The van der Waals surface area contributed by atoms with Crippen LogP contribution in [0.1, 0.15) is 20.8 Å². The molecule has 0 radical (unpaired) electrons. The second kappa shape index (κ2) is 16.4. The molecule has 0 unspecified atom stereocenters. The van der Waals surface area contributed by atoms with Gasteiger partial charge in [0.05, 0.1) is 6.34 Å². The van der Waals surface area contributed by atoms with Crippen molar-refractivity contribution < 1.29 is 0 Å². The second-order valence-corrected chi connectivity index (χ2v) is 0.781. The molecule has 0 heterocycles. The smallest absolute Gasteiger partial charge is 0.0852 e. The highest BCUT2D eigenvalue weighted by atomic mass is 14.8. The SMILES string of the molecule is C/C=C\N=CN.CC. The molecule has 2 nitrogen and oxygen atoms in total. The fraction of sp³-hybridized carbons (Fsp3) is 0.500. The maximum Gasteiger partial charge on any atom is 0.0852 e. The summed E-state index contributed by atoms with van der Waals surface area (Å²) in [7, 11) is 0. The van der Waals surface area contributed by atoms with E-state index in [1.807, 2.05) is 26.8 Å². The van der Waals surface area contributed by atoms with Crippen LogP contribution in [0.2, 0.25) is 0 Å². The summed E-state index contributed by atoms with van der Waals surface area (Å²) in [6.07, 6.45) is 4.68. The molecule has 0 amide bonds. The quantitative estimate of drug-likeness (QED) is 0.407. The molecule has 0 rings (SSSR count). The zero-order chi connectivity index (χ0) is 6.83. The minimum atomic E-state index is 1.25. The highest BCUT2D eigenvalue weighted by Crippen LogP contribution is 1.65. The number of aliphatic imine (C=N–C) groups is 1. The third-order valence-electron chi connectivity index (χ3n) is 0.321. The van der Waals surface area contributed by atoms with Gasteiger partial charge in [-0.2, -0.15) is 0 Å². The van der Waals surface area contributed by atoms with Crippen LogP contribution in [-0.2, 0) is 0 Å². The van der Waals surface area contributed by atoms with E-state index in [4.69, 9.17) is 5.73 Å². The van der Waals surface area contributed by atoms with Crippen molar-refractivity contribution in [3.8, 4) is 0 Å². The van der Waals surface area contributed by atoms with Gasteiger partial charge >= 0.3 is 0 Å². The number of rotatable bonds is 1. The summed E-state index contributed by atoms with van der Waals surface area (Å²) in [5, 5.41) is 0. The first-order valence-corrected chi connectivity index (χ1v) is 2.76. The highest BCUT2D eigenvalue weighted by Gasteiger charge is 1.48. The van der Waals surface area contributed by atoms with Crippen molar-refractivity contribution in [2.24, 2.45) is 10.7 Å². The van der Waals surface area contributed by atoms with Crippen molar-refractivity contribution >= 4 is 6.34 Å². The highest BCUT2D eigenvalue weighted by molar-refractivity contribution is 5.52. The van der Waals surface area contributed by atoms with E-state index in [9.17, 15) is 0 Å². The van der Waals surface area contributed by atoms with E-state index < -0.39 is 0 Å². The van der Waals surface area contributed by atoms with Gasteiger partial charge in [-0.15, -0.1) is 0 Å². The zero-order valence-corrected chi connectivity index (χ0v) is 5.76. The van der Waals surface area contributed by atoms with Crippen LogP contribution in [0.25, 0.3) is 0 Å². The topological polar surface area (TPSA) is 38.4 Å². The van der Waals surface area contributed by atoms with E-state index in [1.165, 1.54) is 6.34 Å². The standard InChI is InChI=1S/C4H8N2.C2H6/c1-2-3-6-4-5;1-2/h2-4H,1H3,(H2,5,6);1-2H3/b3-2-;. The van der Waals surface area contributed by atoms with Crippen LogP contribution in [0.15, 0.2) is 17.3 Å². The van der Waals surface area contributed by atoms with Gasteiger partial charge in [0.25, 0.3) is 0 Å². The fourth-order valence-electron chi connectivity index (χ4n) is 0.136. The van der Waals surface area contributed by atoms with Crippen LogP contribution in [0.4, 0.5) is 0 Å². The van der Waals surface area contributed by atoms with Gasteiger partial charge in [0.1, 0.15) is 0 Å². The van der Waals surface area contributed by atoms with Gasteiger partial charge in [-0.1, -0.05) is 19.9 Å². The molecule has 0 atom stereocenters. The predicted molar refractivity (Wildman–Crippen MR) is 38.8 cm³/mol. The Kier molecular flexibility index (Phi) is 20.9. The number of hydrogen-bond donors (Lipinski definition) is 1. The van der Waals surface area contributed by atoms with Crippen molar-refractivity contribution in [2.45, 2.75) is 20.8 Å². The molecule has 2 heteroatoms. The first-order chi connectivity index (χ1) is 3.91. The third-order valence-corrected chi connectivity index (χ3v) is 0.321. The Morgan fingerprint density at radius 3 is 2.00 bits per heavy atom. The molecule has 2 N–H and O–H groups in total. The predicted octanol–water partition coefficient (Wildman–Crippen LogP) is 1.53. The summed E-state index contributed by atoms with van der Waals surface area (Å²) in [5.74, 6) is 0. The van der Waals surface area contributed by atoms with Crippen molar-refractivity contribution in [2.75, 3.05) is 0 Å². The molecule has 0 saturated carbocycles. The van der Waals surface area contributed by atoms with Gasteiger partial charge < -0.3 is 5.73 Å². The third kappa shape index (κ3) is 18.9. The van der Waals surface area contributed by atoms with Gasteiger partial charge in [-0.25, -0.2) is 4.99 Å². The molecule has 0 aliphatic heterocycles. The summed E-state index contributed by atoms with van der Waals surface area (Å²) in [4.78, 5) is 3.56. The van der Waals surface area contributed by atoms with Crippen LogP contribution < -0.4 is 5.73 Å². The van der Waals surface area contributed by atoms with E-state index in [2.05, 4.69) is 4.99 Å². The Labute approximate surface area is 51.1 Å². The maximum atomic E-state index is 4.87. The van der Waals surface area contributed by atoms with Crippen molar-refractivity contribution in [1.29, 1.82) is 0 Å². The van der Waals surface area contributed by atoms with Crippen LogP contribution in [0.3, 0.4) is 0 Å². The van der Waals surface area contributed by atoms with Gasteiger partial charge in [0, 0.05) is 6.20 Å². The molecular formula is C6H14N2. The summed E-state index contributed by atoms with van der Waals surface area (Å²) in [6, 6.07) is 0. The number of nitrogens with two attached hydrogens (primary N) is 1. The average Bonchev–Trinajstić information content (AvgIpc) is 1.88. The van der Waals surface area contributed by atoms with Crippen LogP contribution in [-0.4, -0.2) is 6.34 Å².